The second kappa shape index (κ2) is 9.25. The van der Waals surface area contributed by atoms with Crippen LogP contribution in [-0.2, 0) is 20.8 Å². The summed E-state index contributed by atoms with van der Waals surface area (Å²) in [6.07, 6.45) is 0.704. The lowest BCUT2D eigenvalue weighted by molar-refractivity contribution is -0.139. The van der Waals surface area contributed by atoms with Crippen LogP contribution < -0.4 is 9.47 Å². The molecule has 1 fully saturated rings. The SMILES string of the molecule is COc1ccc(CCN2CC(C(=O)N(C)CCC(=O)O)CC2=O)cc1OC. The van der Waals surface area contributed by atoms with E-state index < -0.39 is 11.9 Å². The van der Waals surface area contributed by atoms with E-state index in [0.29, 0.717) is 31.0 Å². The van der Waals surface area contributed by atoms with Crippen LogP contribution in [0, 0.1) is 5.92 Å². The molecule has 2 rings (SSSR count). The average Bonchev–Trinajstić information content (AvgIpc) is 3.04. The minimum atomic E-state index is -0.950. The predicted molar refractivity (Wildman–Crippen MR) is 97.8 cm³/mol. The number of hydrogen-bond acceptors (Lipinski definition) is 5. The maximum Gasteiger partial charge on any atom is 0.305 e. The van der Waals surface area contributed by atoms with Crippen LogP contribution in [0.1, 0.15) is 18.4 Å². The van der Waals surface area contributed by atoms with Crippen molar-refractivity contribution in [1.82, 2.24) is 9.80 Å². The number of carboxylic acids is 1. The fourth-order valence-electron chi connectivity index (χ4n) is 3.14. The van der Waals surface area contributed by atoms with E-state index in [9.17, 15) is 14.4 Å². The van der Waals surface area contributed by atoms with E-state index in [2.05, 4.69) is 0 Å². The molecule has 0 spiro atoms. The Morgan fingerprint density at radius 3 is 2.59 bits per heavy atom. The third-order valence-corrected chi connectivity index (χ3v) is 4.72. The first kappa shape index (κ1) is 20.5. The summed E-state index contributed by atoms with van der Waals surface area (Å²) >= 11 is 0. The van der Waals surface area contributed by atoms with Crippen molar-refractivity contribution in [2.45, 2.75) is 19.3 Å². The molecule has 0 aromatic heterocycles. The fraction of sp³-hybridized carbons (Fsp3) is 0.526. The summed E-state index contributed by atoms with van der Waals surface area (Å²) in [5.41, 5.74) is 1.01. The highest BCUT2D eigenvalue weighted by molar-refractivity contribution is 5.89. The van der Waals surface area contributed by atoms with Crippen molar-refractivity contribution < 1.29 is 29.0 Å². The van der Waals surface area contributed by atoms with E-state index in [4.69, 9.17) is 14.6 Å². The fourth-order valence-corrected chi connectivity index (χ4v) is 3.14. The molecule has 148 valence electrons. The summed E-state index contributed by atoms with van der Waals surface area (Å²) in [7, 11) is 4.72. The van der Waals surface area contributed by atoms with Crippen LogP contribution >= 0.6 is 0 Å². The van der Waals surface area contributed by atoms with Gasteiger partial charge in [-0.25, -0.2) is 0 Å². The van der Waals surface area contributed by atoms with Gasteiger partial charge in [-0.05, 0) is 24.1 Å². The molecule has 0 saturated carbocycles. The van der Waals surface area contributed by atoms with Crippen molar-refractivity contribution in [3.63, 3.8) is 0 Å². The molecule has 0 bridgehead atoms. The molecule has 2 amide bonds. The maximum atomic E-state index is 12.4. The van der Waals surface area contributed by atoms with Crippen molar-refractivity contribution in [1.29, 1.82) is 0 Å². The van der Waals surface area contributed by atoms with Gasteiger partial charge in [0.25, 0.3) is 0 Å². The largest absolute Gasteiger partial charge is 0.493 e. The number of rotatable bonds is 9. The topological polar surface area (TPSA) is 96.4 Å². The minimum Gasteiger partial charge on any atom is -0.493 e. The first-order valence-corrected chi connectivity index (χ1v) is 8.81. The zero-order valence-electron chi connectivity index (χ0n) is 15.9. The summed E-state index contributed by atoms with van der Waals surface area (Å²) < 4.78 is 10.5. The number of amides is 2. The summed E-state index contributed by atoms with van der Waals surface area (Å²) in [5, 5.41) is 8.73. The molecule has 8 heteroatoms. The number of aliphatic carboxylic acids is 1. The number of carbonyl (C=O) groups is 3. The molecule has 0 aliphatic carbocycles. The van der Waals surface area contributed by atoms with E-state index in [1.807, 2.05) is 18.2 Å². The Labute approximate surface area is 158 Å². The number of nitrogens with zero attached hydrogens (tertiary/aromatic N) is 2. The lowest BCUT2D eigenvalue weighted by atomic mass is 10.1. The quantitative estimate of drug-likeness (QED) is 0.689. The van der Waals surface area contributed by atoms with Crippen LogP contribution in [0.25, 0.3) is 0 Å². The summed E-state index contributed by atoms with van der Waals surface area (Å²) in [5.74, 6) is -0.321. The van der Waals surface area contributed by atoms with Gasteiger partial charge in [-0.2, -0.15) is 0 Å². The van der Waals surface area contributed by atoms with Crippen LogP contribution in [0.4, 0.5) is 0 Å². The van der Waals surface area contributed by atoms with Crippen LogP contribution in [0.3, 0.4) is 0 Å². The van der Waals surface area contributed by atoms with E-state index >= 15 is 0 Å². The van der Waals surface area contributed by atoms with Gasteiger partial charge in [0, 0.05) is 33.1 Å². The second-order valence-corrected chi connectivity index (χ2v) is 6.58. The average molecular weight is 378 g/mol. The Morgan fingerprint density at radius 2 is 1.96 bits per heavy atom. The molecule has 1 aromatic carbocycles. The molecule has 1 aliphatic heterocycles. The van der Waals surface area contributed by atoms with Gasteiger partial charge < -0.3 is 24.4 Å². The highest BCUT2D eigenvalue weighted by Gasteiger charge is 2.35. The number of ether oxygens (including phenoxy) is 2. The third kappa shape index (κ3) is 5.35. The number of carboxylic acid groups (broad SMARTS) is 1. The van der Waals surface area contributed by atoms with Crippen LogP contribution in [-0.4, -0.2) is 73.6 Å². The maximum absolute atomic E-state index is 12.4. The molecular formula is C19H26N2O6. The summed E-state index contributed by atoms with van der Waals surface area (Å²) in [6.45, 7) is 1.02. The lowest BCUT2D eigenvalue weighted by Crippen LogP contribution is -2.36. The molecular weight excluding hydrogens is 352 g/mol. The number of methoxy groups -OCH3 is 2. The smallest absolute Gasteiger partial charge is 0.305 e. The van der Waals surface area contributed by atoms with E-state index in [-0.39, 0.29) is 31.2 Å². The molecule has 8 nitrogen and oxygen atoms in total. The number of hydrogen-bond donors (Lipinski definition) is 1. The molecule has 1 saturated heterocycles. The molecule has 1 heterocycles. The Kier molecular flexibility index (Phi) is 7.04. The number of benzene rings is 1. The molecule has 1 N–H and O–H groups in total. The minimum absolute atomic E-state index is 0.0551. The number of carbonyl (C=O) groups excluding carboxylic acids is 2. The zero-order valence-corrected chi connectivity index (χ0v) is 15.9. The van der Waals surface area contributed by atoms with E-state index in [0.717, 1.165) is 5.56 Å². The molecule has 1 aliphatic rings. The zero-order chi connectivity index (χ0) is 20.0. The third-order valence-electron chi connectivity index (χ3n) is 4.72. The Hall–Kier alpha value is -2.77. The molecule has 1 atom stereocenters. The van der Waals surface area contributed by atoms with Crippen LogP contribution in [0.5, 0.6) is 11.5 Å². The monoisotopic (exact) mass is 378 g/mol. The van der Waals surface area contributed by atoms with Gasteiger partial charge in [-0.15, -0.1) is 0 Å². The summed E-state index contributed by atoms with van der Waals surface area (Å²) in [4.78, 5) is 38.4. The Morgan fingerprint density at radius 1 is 1.26 bits per heavy atom. The van der Waals surface area contributed by atoms with Crippen LogP contribution in [0.2, 0.25) is 0 Å². The first-order chi connectivity index (χ1) is 12.8. The van der Waals surface area contributed by atoms with Gasteiger partial charge in [0.15, 0.2) is 11.5 Å². The van der Waals surface area contributed by atoms with Gasteiger partial charge in [-0.3, -0.25) is 14.4 Å². The van der Waals surface area contributed by atoms with Gasteiger partial charge >= 0.3 is 5.97 Å². The van der Waals surface area contributed by atoms with Gasteiger partial charge in [0.05, 0.1) is 26.6 Å². The standard InChI is InChI=1S/C19H26N2O6/c1-20(8-7-18(23)24)19(25)14-11-17(22)21(12-14)9-6-13-4-5-15(26-2)16(10-13)27-3/h4-5,10,14H,6-9,11-12H2,1-3H3,(H,23,24). The van der Waals surface area contributed by atoms with Crippen molar-refractivity contribution >= 4 is 17.8 Å². The van der Waals surface area contributed by atoms with Crippen molar-refractivity contribution in [2.24, 2.45) is 5.92 Å². The summed E-state index contributed by atoms with van der Waals surface area (Å²) in [6, 6.07) is 5.62. The van der Waals surface area contributed by atoms with Crippen molar-refractivity contribution in [2.75, 3.05) is 40.9 Å². The molecule has 0 radical (unpaired) electrons. The second-order valence-electron chi connectivity index (χ2n) is 6.58. The van der Waals surface area contributed by atoms with Gasteiger partial charge in [0.1, 0.15) is 0 Å². The highest BCUT2D eigenvalue weighted by Crippen LogP contribution is 2.28. The van der Waals surface area contributed by atoms with E-state index in [1.165, 1.54) is 4.90 Å². The normalized spacial score (nSPS) is 16.3. The number of likely N-dealkylation sites (tertiary alicyclic amines) is 1. The molecule has 27 heavy (non-hydrogen) atoms. The predicted octanol–water partition coefficient (Wildman–Crippen LogP) is 1.03. The highest BCUT2D eigenvalue weighted by atomic mass is 16.5. The van der Waals surface area contributed by atoms with Crippen LogP contribution in [0.15, 0.2) is 18.2 Å². The Balaban J connectivity index is 1.90. The molecule has 1 aromatic rings. The first-order valence-electron chi connectivity index (χ1n) is 8.81. The Bertz CT molecular complexity index is 705. The molecule has 1 unspecified atom stereocenters. The van der Waals surface area contributed by atoms with Gasteiger partial charge in [0.2, 0.25) is 11.8 Å². The van der Waals surface area contributed by atoms with Crippen molar-refractivity contribution in [3.05, 3.63) is 23.8 Å². The van der Waals surface area contributed by atoms with Gasteiger partial charge in [-0.1, -0.05) is 6.07 Å². The van der Waals surface area contributed by atoms with Crippen molar-refractivity contribution in [3.8, 4) is 11.5 Å². The lowest BCUT2D eigenvalue weighted by Gasteiger charge is -2.21. The van der Waals surface area contributed by atoms with E-state index in [1.54, 1.807) is 26.2 Å².